The van der Waals surface area contributed by atoms with E-state index < -0.39 is 0 Å². The van der Waals surface area contributed by atoms with Crippen LogP contribution in [0.2, 0.25) is 0 Å². The van der Waals surface area contributed by atoms with Crippen LogP contribution < -0.4 is 4.74 Å². The van der Waals surface area contributed by atoms with E-state index in [0.29, 0.717) is 12.4 Å². The van der Waals surface area contributed by atoms with E-state index in [1.165, 1.54) is 26.2 Å². The zero-order valence-electron chi connectivity index (χ0n) is 11.2. The van der Waals surface area contributed by atoms with Gasteiger partial charge in [0.15, 0.2) is 11.5 Å². The van der Waals surface area contributed by atoms with Gasteiger partial charge in [-0.25, -0.2) is 0 Å². The minimum absolute atomic E-state index is 0.126. The lowest BCUT2D eigenvalue weighted by atomic mass is 10.2. The van der Waals surface area contributed by atoms with Crippen molar-refractivity contribution in [3.63, 3.8) is 0 Å². The zero-order chi connectivity index (χ0) is 13.5. The van der Waals surface area contributed by atoms with Gasteiger partial charge in [0, 0.05) is 6.54 Å². The standard InChI is InChI=1S/C14H20N2O3/c1-18-15-11-12-4-5-14(13(17)10-12)19-9-8-16-6-2-3-7-16/h4-5,10-11,17H,2-3,6-9H2,1H3/b15-11+. The maximum Gasteiger partial charge on any atom is 0.161 e. The molecule has 1 aromatic rings. The highest BCUT2D eigenvalue weighted by atomic mass is 16.6. The van der Waals surface area contributed by atoms with Gasteiger partial charge in [-0.15, -0.1) is 0 Å². The summed E-state index contributed by atoms with van der Waals surface area (Å²) < 4.78 is 5.59. The van der Waals surface area contributed by atoms with Crippen molar-refractivity contribution < 1.29 is 14.7 Å². The fraction of sp³-hybridized carbons (Fsp3) is 0.500. The molecule has 1 saturated heterocycles. The van der Waals surface area contributed by atoms with Crippen molar-refractivity contribution in [1.82, 2.24) is 4.90 Å². The maximum absolute atomic E-state index is 9.84. The highest BCUT2D eigenvalue weighted by Gasteiger charge is 2.11. The molecule has 0 saturated carbocycles. The van der Waals surface area contributed by atoms with E-state index in [0.717, 1.165) is 25.2 Å². The number of nitrogens with zero attached hydrogens (tertiary/aromatic N) is 2. The Hall–Kier alpha value is -1.75. The van der Waals surface area contributed by atoms with E-state index in [2.05, 4.69) is 14.9 Å². The van der Waals surface area contributed by atoms with Crippen LogP contribution in [0.3, 0.4) is 0 Å². The molecule has 0 aliphatic carbocycles. The molecule has 0 atom stereocenters. The Kier molecular flexibility index (Phi) is 5.03. The van der Waals surface area contributed by atoms with Gasteiger partial charge < -0.3 is 14.7 Å². The molecule has 5 heteroatoms. The van der Waals surface area contributed by atoms with Crippen LogP contribution in [0.5, 0.6) is 11.5 Å². The zero-order valence-corrected chi connectivity index (χ0v) is 11.2. The van der Waals surface area contributed by atoms with Crippen LogP contribution in [0.15, 0.2) is 23.4 Å². The van der Waals surface area contributed by atoms with E-state index >= 15 is 0 Å². The number of likely N-dealkylation sites (tertiary alicyclic amines) is 1. The third-order valence-electron chi connectivity index (χ3n) is 3.15. The Balaban J connectivity index is 1.84. The Morgan fingerprint density at radius 3 is 2.84 bits per heavy atom. The quantitative estimate of drug-likeness (QED) is 0.629. The number of hydrogen-bond acceptors (Lipinski definition) is 5. The fourth-order valence-electron chi connectivity index (χ4n) is 2.14. The molecule has 2 rings (SSSR count). The first-order chi connectivity index (χ1) is 9.29. The molecule has 1 aliphatic rings. The summed E-state index contributed by atoms with van der Waals surface area (Å²) in [5.74, 6) is 0.634. The second-order valence-electron chi connectivity index (χ2n) is 4.54. The highest BCUT2D eigenvalue weighted by molar-refractivity contribution is 5.80. The normalized spacial score (nSPS) is 16.1. The van der Waals surface area contributed by atoms with Crippen molar-refractivity contribution in [2.24, 2.45) is 5.16 Å². The number of benzene rings is 1. The monoisotopic (exact) mass is 264 g/mol. The summed E-state index contributed by atoms with van der Waals surface area (Å²) in [5.41, 5.74) is 0.770. The topological polar surface area (TPSA) is 54.3 Å². The summed E-state index contributed by atoms with van der Waals surface area (Å²) in [5, 5.41) is 13.5. The van der Waals surface area contributed by atoms with Gasteiger partial charge in [0.25, 0.3) is 0 Å². The molecule has 0 radical (unpaired) electrons. The van der Waals surface area contributed by atoms with E-state index in [-0.39, 0.29) is 5.75 Å². The molecule has 0 unspecified atom stereocenters. The molecular formula is C14H20N2O3. The Labute approximate surface area is 113 Å². The third-order valence-corrected chi connectivity index (χ3v) is 3.15. The number of aromatic hydroxyl groups is 1. The van der Waals surface area contributed by atoms with E-state index in [1.807, 2.05) is 6.07 Å². The van der Waals surface area contributed by atoms with Crippen LogP contribution in [-0.4, -0.2) is 49.6 Å². The van der Waals surface area contributed by atoms with Gasteiger partial charge in [-0.2, -0.15) is 0 Å². The maximum atomic E-state index is 9.84. The minimum atomic E-state index is 0.126. The summed E-state index contributed by atoms with van der Waals surface area (Å²) in [7, 11) is 1.48. The number of oxime groups is 1. The van der Waals surface area contributed by atoms with E-state index in [1.54, 1.807) is 12.1 Å². The molecule has 0 spiro atoms. The molecule has 1 fully saturated rings. The van der Waals surface area contributed by atoms with Crippen LogP contribution >= 0.6 is 0 Å². The fourth-order valence-corrected chi connectivity index (χ4v) is 2.14. The van der Waals surface area contributed by atoms with Crippen LogP contribution in [-0.2, 0) is 4.84 Å². The van der Waals surface area contributed by atoms with Crippen molar-refractivity contribution in [2.45, 2.75) is 12.8 Å². The largest absolute Gasteiger partial charge is 0.504 e. The lowest BCUT2D eigenvalue weighted by Gasteiger charge is -2.15. The molecule has 1 aliphatic heterocycles. The van der Waals surface area contributed by atoms with Crippen molar-refractivity contribution in [2.75, 3.05) is 33.4 Å². The lowest BCUT2D eigenvalue weighted by molar-refractivity contribution is 0.215. The lowest BCUT2D eigenvalue weighted by Crippen LogP contribution is -2.25. The number of phenols is 1. The van der Waals surface area contributed by atoms with Crippen molar-refractivity contribution in [3.8, 4) is 11.5 Å². The Morgan fingerprint density at radius 1 is 1.37 bits per heavy atom. The van der Waals surface area contributed by atoms with Gasteiger partial charge in [-0.05, 0) is 49.7 Å². The van der Waals surface area contributed by atoms with Gasteiger partial charge in [-0.3, -0.25) is 4.90 Å². The van der Waals surface area contributed by atoms with Crippen LogP contribution in [0.1, 0.15) is 18.4 Å². The molecule has 0 aromatic heterocycles. The molecular weight excluding hydrogens is 244 g/mol. The molecule has 19 heavy (non-hydrogen) atoms. The Morgan fingerprint density at radius 2 is 2.16 bits per heavy atom. The van der Waals surface area contributed by atoms with Crippen LogP contribution in [0.4, 0.5) is 0 Å². The highest BCUT2D eigenvalue weighted by Crippen LogP contribution is 2.26. The number of phenolic OH excluding ortho intramolecular Hbond substituents is 1. The number of rotatable bonds is 6. The van der Waals surface area contributed by atoms with Gasteiger partial charge in [0.1, 0.15) is 13.7 Å². The van der Waals surface area contributed by atoms with Crippen molar-refractivity contribution in [3.05, 3.63) is 23.8 Å². The Bertz CT molecular complexity index is 429. The van der Waals surface area contributed by atoms with Gasteiger partial charge in [0.05, 0.1) is 6.21 Å². The van der Waals surface area contributed by atoms with Crippen LogP contribution in [0.25, 0.3) is 0 Å². The van der Waals surface area contributed by atoms with Gasteiger partial charge >= 0.3 is 0 Å². The summed E-state index contributed by atoms with van der Waals surface area (Å²) in [6, 6.07) is 5.18. The van der Waals surface area contributed by atoms with E-state index in [4.69, 9.17) is 4.74 Å². The van der Waals surface area contributed by atoms with Gasteiger partial charge in [-0.1, -0.05) is 5.16 Å². The smallest absolute Gasteiger partial charge is 0.161 e. The summed E-state index contributed by atoms with van der Waals surface area (Å²) in [6.45, 7) is 3.81. The molecule has 1 aromatic carbocycles. The molecule has 0 amide bonds. The predicted molar refractivity (Wildman–Crippen MR) is 73.9 cm³/mol. The SMILES string of the molecule is CO/N=C/c1ccc(OCCN2CCCC2)c(O)c1. The number of ether oxygens (including phenoxy) is 1. The summed E-state index contributed by atoms with van der Waals surface area (Å²) >= 11 is 0. The molecule has 0 bridgehead atoms. The summed E-state index contributed by atoms with van der Waals surface area (Å²) in [4.78, 5) is 6.96. The molecule has 5 nitrogen and oxygen atoms in total. The van der Waals surface area contributed by atoms with Gasteiger partial charge in [0.2, 0.25) is 0 Å². The molecule has 1 heterocycles. The first-order valence-electron chi connectivity index (χ1n) is 6.54. The minimum Gasteiger partial charge on any atom is -0.504 e. The van der Waals surface area contributed by atoms with Crippen molar-refractivity contribution in [1.29, 1.82) is 0 Å². The van der Waals surface area contributed by atoms with Crippen molar-refractivity contribution >= 4 is 6.21 Å². The summed E-state index contributed by atoms with van der Waals surface area (Å²) in [6.07, 6.45) is 4.09. The average molecular weight is 264 g/mol. The second kappa shape index (κ2) is 6.99. The third kappa shape index (κ3) is 4.13. The molecule has 1 N–H and O–H groups in total. The first kappa shape index (κ1) is 13.7. The first-order valence-corrected chi connectivity index (χ1v) is 6.54. The molecule has 104 valence electrons. The van der Waals surface area contributed by atoms with E-state index in [9.17, 15) is 5.11 Å². The second-order valence-corrected chi connectivity index (χ2v) is 4.54. The average Bonchev–Trinajstić information content (AvgIpc) is 2.92. The number of hydrogen-bond donors (Lipinski definition) is 1. The predicted octanol–water partition coefficient (Wildman–Crippen LogP) is 1.85. The van der Waals surface area contributed by atoms with Crippen LogP contribution in [0, 0.1) is 0 Å².